The van der Waals surface area contributed by atoms with Crippen LogP contribution in [0.25, 0.3) is 0 Å². The zero-order valence-corrected chi connectivity index (χ0v) is 17.5. The van der Waals surface area contributed by atoms with Crippen molar-refractivity contribution < 1.29 is 10.2 Å². The van der Waals surface area contributed by atoms with E-state index in [1.807, 2.05) is 0 Å². The van der Waals surface area contributed by atoms with E-state index >= 15 is 0 Å². The molecule has 2 N–H and O–H groups in total. The normalized spacial score (nSPS) is 12.0. The monoisotopic (exact) mass is 356 g/mol. The van der Waals surface area contributed by atoms with Crippen LogP contribution in [0, 0.1) is 0 Å². The van der Waals surface area contributed by atoms with Gasteiger partial charge >= 0.3 is 0 Å². The number of unbranched alkanes of at least 4 members (excludes halogenated alkanes) is 16. The van der Waals surface area contributed by atoms with E-state index in [9.17, 15) is 10.2 Å². The van der Waals surface area contributed by atoms with Gasteiger partial charge < -0.3 is 10.2 Å². The smallest absolute Gasteiger partial charge is 0.162 e. The lowest BCUT2D eigenvalue weighted by molar-refractivity contribution is -0.171. The van der Waals surface area contributed by atoms with Gasteiger partial charge in [-0.05, 0) is 12.8 Å². The Morgan fingerprint density at radius 3 is 1.04 bits per heavy atom. The molecule has 0 aliphatic rings. The predicted octanol–water partition coefficient (Wildman–Crippen LogP) is 7.51. The molecule has 0 saturated carbocycles. The molecule has 2 nitrogen and oxygen atoms in total. The first-order valence-corrected chi connectivity index (χ1v) is 11.6. The van der Waals surface area contributed by atoms with Crippen LogP contribution in [0.4, 0.5) is 0 Å². The van der Waals surface area contributed by atoms with Crippen LogP contribution in [-0.2, 0) is 0 Å². The largest absolute Gasteiger partial charge is 0.366 e. The van der Waals surface area contributed by atoms with Crippen molar-refractivity contribution in [3.05, 3.63) is 0 Å². The third-order valence-electron chi connectivity index (χ3n) is 5.36. The molecular formula is C23H48O2. The molecule has 25 heavy (non-hydrogen) atoms. The maximum absolute atomic E-state index is 9.82. The van der Waals surface area contributed by atoms with E-state index in [0.717, 1.165) is 25.7 Å². The Hall–Kier alpha value is -0.0800. The fourth-order valence-electron chi connectivity index (χ4n) is 3.54. The zero-order valence-electron chi connectivity index (χ0n) is 17.5. The van der Waals surface area contributed by atoms with Gasteiger partial charge in [-0.2, -0.15) is 0 Å². The van der Waals surface area contributed by atoms with Crippen LogP contribution in [0.15, 0.2) is 0 Å². The average molecular weight is 357 g/mol. The van der Waals surface area contributed by atoms with E-state index in [2.05, 4.69) is 13.8 Å². The first kappa shape index (κ1) is 24.9. The second-order valence-electron chi connectivity index (χ2n) is 8.14. The molecule has 0 fully saturated rings. The van der Waals surface area contributed by atoms with Gasteiger partial charge in [0.15, 0.2) is 5.79 Å². The Morgan fingerprint density at radius 2 is 0.680 bits per heavy atom. The molecule has 0 unspecified atom stereocenters. The van der Waals surface area contributed by atoms with E-state index < -0.39 is 5.79 Å². The van der Waals surface area contributed by atoms with Crippen molar-refractivity contribution in [2.45, 2.75) is 148 Å². The number of hydrogen-bond donors (Lipinski definition) is 2. The molecular weight excluding hydrogens is 308 g/mol. The minimum absolute atomic E-state index is 0.530. The number of aliphatic hydroxyl groups is 2. The van der Waals surface area contributed by atoms with Gasteiger partial charge in [-0.15, -0.1) is 0 Å². The summed E-state index contributed by atoms with van der Waals surface area (Å²) in [4.78, 5) is 0. The maximum Gasteiger partial charge on any atom is 0.162 e. The molecule has 0 radical (unpaired) electrons. The molecule has 0 aromatic heterocycles. The van der Waals surface area contributed by atoms with Crippen LogP contribution in [-0.4, -0.2) is 16.0 Å². The minimum Gasteiger partial charge on any atom is -0.366 e. The Labute approximate surface area is 158 Å². The van der Waals surface area contributed by atoms with Crippen molar-refractivity contribution in [2.24, 2.45) is 0 Å². The first-order chi connectivity index (χ1) is 12.1. The Balaban J connectivity index is 3.14. The van der Waals surface area contributed by atoms with Crippen molar-refractivity contribution in [2.75, 3.05) is 0 Å². The van der Waals surface area contributed by atoms with Crippen LogP contribution in [0.3, 0.4) is 0 Å². The van der Waals surface area contributed by atoms with E-state index in [1.165, 1.54) is 89.9 Å². The molecule has 0 spiro atoms. The average Bonchev–Trinajstić information content (AvgIpc) is 2.59. The van der Waals surface area contributed by atoms with Crippen LogP contribution >= 0.6 is 0 Å². The molecule has 2 heteroatoms. The first-order valence-electron chi connectivity index (χ1n) is 11.6. The summed E-state index contributed by atoms with van der Waals surface area (Å²) in [5.41, 5.74) is 0. The topological polar surface area (TPSA) is 40.5 Å². The van der Waals surface area contributed by atoms with Gasteiger partial charge in [-0.25, -0.2) is 0 Å². The fraction of sp³-hybridized carbons (Fsp3) is 1.00. The molecule has 0 amide bonds. The van der Waals surface area contributed by atoms with Crippen LogP contribution < -0.4 is 0 Å². The van der Waals surface area contributed by atoms with E-state index in [4.69, 9.17) is 0 Å². The standard InChI is InChI=1S/C23H48O2/c1-3-5-7-8-9-10-11-12-13-14-15-16-17-18-19-20-22-23(24,25)21-6-4-2/h24-25H,3-22H2,1-2H3. The van der Waals surface area contributed by atoms with Crippen molar-refractivity contribution in [3.63, 3.8) is 0 Å². The summed E-state index contributed by atoms with van der Waals surface area (Å²) in [7, 11) is 0. The van der Waals surface area contributed by atoms with Crippen LogP contribution in [0.5, 0.6) is 0 Å². The van der Waals surface area contributed by atoms with Gasteiger partial charge in [0.05, 0.1) is 0 Å². The van der Waals surface area contributed by atoms with Gasteiger partial charge in [0.2, 0.25) is 0 Å². The fourth-order valence-corrected chi connectivity index (χ4v) is 3.54. The Bertz CT molecular complexity index is 250. The van der Waals surface area contributed by atoms with Gasteiger partial charge in [0.25, 0.3) is 0 Å². The van der Waals surface area contributed by atoms with Gasteiger partial charge in [-0.1, -0.05) is 117 Å². The summed E-state index contributed by atoms with van der Waals surface area (Å²) in [6.07, 6.45) is 24.7. The Morgan fingerprint density at radius 1 is 0.400 bits per heavy atom. The molecule has 0 aliphatic heterocycles. The summed E-state index contributed by atoms with van der Waals surface area (Å²) < 4.78 is 0. The highest BCUT2D eigenvalue weighted by atomic mass is 16.5. The lowest BCUT2D eigenvalue weighted by Crippen LogP contribution is -2.27. The zero-order chi connectivity index (χ0) is 18.6. The highest BCUT2D eigenvalue weighted by Crippen LogP contribution is 2.20. The summed E-state index contributed by atoms with van der Waals surface area (Å²) in [6, 6.07) is 0. The molecule has 0 rings (SSSR count). The Kier molecular flexibility index (Phi) is 18.6. The van der Waals surface area contributed by atoms with Crippen molar-refractivity contribution in [1.82, 2.24) is 0 Å². The quantitative estimate of drug-likeness (QED) is 0.175. The SMILES string of the molecule is CCCCCCCCCCCCCCCCCCC(O)(O)CCCC. The van der Waals surface area contributed by atoms with Crippen molar-refractivity contribution in [1.29, 1.82) is 0 Å². The van der Waals surface area contributed by atoms with E-state index in [-0.39, 0.29) is 0 Å². The summed E-state index contributed by atoms with van der Waals surface area (Å²) in [5, 5.41) is 19.6. The highest BCUT2D eigenvalue weighted by molar-refractivity contribution is 4.64. The van der Waals surface area contributed by atoms with Gasteiger partial charge in [0, 0.05) is 12.8 Å². The third kappa shape index (κ3) is 20.1. The van der Waals surface area contributed by atoms with E-state index in [0.29, 0.717) is 12.8 Å². The van der Waals surface area contributed by atoms with Gasteiger partial charge in [-0.3, -0.25) is 0 Å². The predicted molar refractivity (Wildman–Crippen MR) is 111 cm³/mol. The molecule has 0 aromatic carbocycles. The number of hydrogen-bond acceptors (Lipinski definition) is 2. The van der Waals surface area contributed by atoms with Gasteiger partial charge in [0.1, 0.15) is 0 Å². The second kappa shape index (κ2) is 18.7. The lowest BCUT2D eigenvalue weighted by Gasteiger charge is -2.21. The van der Waals surface area contributed by atoms with Crippen LogP contribution in [0.2, 0.25) is 0 Å². The van der Waals surface area contributed by atoms with Crippen LogP contribution in [0.1, 0.15) is 142 Å². The maximum atomic E-state index is 9.82. The molecule has 152 valence electrons. The van der Waals surface area contributed by atoms with E-state index in [1.54, 1.807) is 0 Å². The van der Waals surface area contributed by atoms with Crippen molar-refractivity contribution >= 4 is 0 Å². The molecule has 0 heterocycles. The molecule has 0 saturated heterocycles. The summed E-state index contributed by atoms with van der Waals surface area (Å²) >= 11 is 0. The summed E-state index contributed by atoms with van der Waals surface area (Å²) in [6.45, 7) is 4.37. The third-order valence-corrected chi connectivity index (χ3v) is 5.36. The van der Waals surface area contributed by atoms with Crippen molar-refractivity contribution in [3.8, 4) is 0 Å². The minimum atomic E-state index is -1.41. The molecule has 0 atom stereocenters. The highest BCUT2D eigenvalue weighted by Gasteiger charge is 2.20. The molecule has 0 aliphatic carbocycles. The lowest BCUT2D eigenvalue weighted by atomic mass is 10.0. The second-order valence-corrected chi connectivity index (χ2v) is 8.14. The molecule has 0 bridgehead atoms. The summed E-state index contributed by atoms with van der Waals surface area (Å²) in [5.74, 6) is -1.41. The molecule has 0 aromatic rings. The number of rotatable bonds is 20.